The molecule has 0 saturated carbocycles. The van der Waals surface area contributed by atoms with E-state index in [0.29, 0.717) is 17.3 Å². The molecule has 3 aromatic heterocycles. The highest BCUT2D eigenvalue weighted by Crippen LogP contribution is 2.32. The predicted octanol–water partition coefficient (Wildman–Crippen LogP) is 3.63. The maximum Gasteiger partial charge on any atom is 0.180 e. The second kappa shape index (κ2) is 6.95. The Labute approximate surface area is 156 Å². The molecule has 0 N–H and O–H groups in total. The van der Waals surface area contributed by atoms with Crippen molar-refractivity contribution in [2.45, 2.75) is 6.92 Å². The molecule has 0 fully saturated rings. The van der Waals surface area contributed by atoms with Crippen molar-refractivity contribution >= 4 is 5.69 Å². The van der Waals surface area contributed by atoms with Crippen LogP contribution in [0.2, 0.25) is 0 Å². The van der Waals surface area contributed by atoms with Crippen LogP contribution >= 0.6 is 0 Å². The lowest BCUT2D eigenvalue weighted by Crippen LogP contribution is -2.08. The highest BCUT2D eigenvalue weighted by molar-refractivity contribution is 5.79. The molecule has 134 valence electrons. The maximum atomic E-state index is 5.45. The molecule has 0 atom stereocenters. The Bertz CT molecular complexity index is 1060. The van der Waals surface area contributed by atoms with Gasteiger partial charge in [0, 0.05) is 50.0 Å². The Balaban J connectivity index is 1.87. The Morgan fingerprint density at radius 2 is 1.78 bits per heavy atom. The Hall–Kier alpha value is -3.61. The van der Waals surface area contributed by atoms with Gasteiger partial charge in [-0.15, -0.1) is 0 Å². The first-order valence-electron chi connectivity index (χ1n) is 8.46. The fourth-order valence-corrected chi connectivity index (χ4v) is 2.73. The zero-order chi connectivity index (χ0) is 18.8. The van der Waals surface area contributed by atoms with Gasteiger partial charge in [0.25, 0.3) is 0 Å². The second-order valence-corrected chi connectivity index (χ2v) is 6.32. The van der Waals surface area contributed by atoms with Crippen LogP contribution < -0.4 is 4.90 Å². The summed E-state index contributed by atoms with van der Waals surface area (Å²) < 4.78 is 5.45. The SMILES string of the molecule is Cc1cc(-c2cnc(-c3cnccn3)nc2-c2ccc(N(C)C)cc2)on1. The van der Waals surface area contributed by atoms with Crippen molar-refractivity contribution in [3.8, 4) is 34.1 Å². The Morgan fingerprint density at radius 1 is 0.963 bits per heavy atom. The minimum Gasteiger partial charge on any atom is -0.378 e. The van der Waals surface area contributed by atoms with Gasteiger partial charge in [0.05, 0.1) is 23.1 Å². The smallest absolute Gasteiger partial charge is 0.180 e. The van der Waals surface area contributed by atoms with Gasteiger partial charge in [-0.2, -0.15) is 0 Å². The van der Waals surface area contributed by atoms with Gasteiger partial charge < -0.3 is 9.42 Å². The molecule has 0 aliphatic carbocycles. The van der Waals surface area contributed by atoms with Crippen LogP contribution in [0.15, 0.2) is 59.6 Å². The molecule has 0 radical (unpaired) electrons. The molecule has 1 aromatic carbocycles. The second-order valence-electron chi connectivity index (χ2n) is 6.32. The van der Waals surface area contributed by atoms with E-state index >= 15 is 0 Å². The van der Waals surface area contributed by atoms with Crippen LogP contribution in [-0.2, 0) is 0 Å². The number of hydrogen-bond donors (Lipinski definition) is 0. The first kappa shape index (κ1) is 16.8. The van der Waals surface area contributed by atoms with E-state index in [1.54, 1.807) is 24.8 Å². The van der Waals surface area contributed by atoms with Crippen LogP contribution in [0.3, 0.4) is 0 Å². The molecule has 0 amide bonds. The summed E-state index contributed by atoms with van der Waals surface area (Å²) >= 11 is 0. The highest BCUT2D eigenvalue weighted by atomic mass is 16.5. The zero-order valence-corrected chi connectivity index (χ0v) is 15.3. The molecule has 3 heterocycles. The van der Waals surface area contributed by atoms with Crippen molar-refractivity contribution in [3.05, 3.63) is 60.8 Å². The van der Waals surface area contributed by atoms with Crippen LogP contribution in [-0.4, -0.2) is 39.2 Å². The van der Waals surface area contributed by atoms with E-state index in [1.807, 2.05) is 39.2 Å². The standard InChI is InChI=1S/C20H18N6O/c1-13-10-18(27-25-13)16-11-23-20(17-12-21-8-9-22-17)24-19(16)14-4-6-15(7-5-14)26(2)3/h4-12H,1-3H3. The molecule has 0 saturated heterocycles. The van der Waals surface area contributed by atoms with E-state index in [1.165, 1.54) is 0 Å². The van der Waals surface area contributed by atoms with Gasteiger partial charge in [-0.1, -0.05) is 17.3 Å². The Kier molecular flexibility index (Phi) is 4.33. The average molecular weight is 358 g/mol. The lowest BCUT2D eigenvalue weighted by atomic mass is 10.0. The first-order valence-corrected chi connectivity index (χ1v) is 8.46. The van der Waals surface area contributed by atoms with Crippen molar-refractivity contribution in [2.75, 3.05) is 19.0 Å². The van der Waals surface area contributed by atoms with E-state index in [2.05, 4.69) is 37.1 Å². The van der Waals surface area contributed by atoms with Crippen LogP contribution in [0.25, 0.3) is 34.1 Å². The lowest BCUT2D eigenvalue weighted by molar-refractivity contribution is 0.427. The van der Waals surface area contributed by atoms with Gasteiger partial charge in [-0.05, 0) is 19.1 Å². The van der Waals surface area contributed by atoms with Crippen LogP contribution in [0.4, 0.5) is 5.69 Å². The number of aromatic nitrogens is 5. The van der Waals surface area contributed by atoms with Crippen LogP contribution in [0.1, 0.15) is 5.69 Å². The Morgan fingerprint density at radius 3 is 2.41 bits per heavy atom. The molecule has 27 heavy (non-hydrogen) atoms. The van der Waals surface area contributed by atoms with E-state index in [4.69, 9.17) is 9.51 Å². The fourth-order valence-electron chi connectivity index (χ4n) is 2.73. The van der Waals surface area contributed by atoms with Crippen LogP contribution in [0.5, 0.6) is 0 Å². The van der Waals surface area contributed by atoms with E-state index in [9.17, 15) is 0 Å². The van der Waals surface area contributed by atoms with Gasteiger partial charge in [0.2, 0.25) is 0 Å². The van der Waals surface area contributed by atoms with Crippen molar-refractivity contribution in [3.63, 3.8) is 0 Å². The highest BCUT2D eigenvalue weighted by Gasteiger charge is 2.16. The molecule has 0 unspecified atom stereocenters. The van der Waals surface area contributed by atoms with Crippen molar-refractivity contribution in [1.82, 2.24) is 25.1 Å². The number of aryl methyl sites for hydroxylation is 1. The van der Waals surface area contributed by atoms with Crippen molar-refractivity contribution in [1.29, 1.82) is 0 Å². The third-order valence-corrected chi connectivity index (χ3v) is 4.13. The largest absolute Gasteiger partial charge is 0.378 e. The van der Waals surface area contributed by atoms with Gasteiger partial charge in [0.15, 0.2) is 11.6 Å². The van der Waals surface area contributed by atoms with E-state index in [-0.39, 0.29) is 0 Å². The molecule has 0 bridgehead atoms. The summed E-state index contributed by atoms with van der Waals surface area (Å²) in [6, 6.07) is 10.0. The molecule has 7 nitrogen and oxygen atoms in total. The first-order chi connectivity index (χ1) is 13.1. The van der Waals surface area contributed by atoms with Gasteiger partial charge in [-0.3, -0.25) is 4.98 Å². The normalized spacial score (nSPS) is 10.8. The quantitative estimate of drug-likeness (QED) is 0.551. The third-order valence-electron chi connectivity index (χ3n) is 4.13. The van der Waals surface area contributed by atoms with Gasteiger partial charge >= 0.3 is 0 Å². The van der Waals surface area contributed by atoms with Gasteiger partial charge in [0.1, 0.15) is 5.69 Å². The summed E-state index contributed by atoms with van der Waals surface area (Å²) in [5.74, 6) is 1.14. The van der Waals surface area contributed by atoms with E-state index in [0.717, 1.165) is 28.2 Å². The number of benzene rings is 1. The zero-order valence-electron chi connectivity index (χ0n) is 15.3. The number of rotatable bonds is 4. The van der Waals surface area contributed by atoms with E-state index < -0.39 is 0 Å². The van der Waals surface area contributed by atoms with Crippen LogP contribution in [0, 0.1) is 6.92 Å². The summed E-state index contributed by atoms with van der Waals surface area (Å²) in [7, 11) is 4.02. The molecule has 4 aromatic rings. The number of nitrogens with zero attached hydrogens (tertiary/aromatic N) is 6. The molecular formula is C20H18N6O. The third kappa shape index (κ3) is 3.39. The minimum atomic E-state index is 0.509. The number of hydrogen-bond acceptors (Lipinski definition) is 7. The molecule has 7 heteroatoms. The minimum absolute atomic E-state index is 0.509. The van der Waals surface area contributed by atoms with Crippen molar-refractivity contribution < 1.29 is 4.52 Å². The molecule has 0 spiro atoms. The average Bonchev–Trinajstić information content (AvgIpc) is 3.14. The summed E-state index contributed by atoms with van der Waals surface area (Å²) in [4.78, 5) is 19.7. The number of anilines is 1. The lowest BCUT2D eigenvalue weighted by Gasteiger charge is -2.13. The monoisotopic (exact) mass is 358 g/mol. The molecular weight excluding hydrogens is 340 g/mol. The summed E-state index contributed by atoms with van der Waals surface area (Å²) in [5.41, 5.74) is 5.02. The molecule has 4 rings (SSSR count). The maximum absolute atomic E-state index is 5.45. The predicted molar refractivity (Wildman–Crippen MR) is 103 cm³/mol. The summed E-state index contributed by atoms with van der Waals surface area (Å²) in [6.07, 6.45) is 6.63. The van der Waals surface area contributed by atoms with Crippen molar-refractivity contribution in [2.24, 2.45) is 0 Å². The van der Waals surface area contributed by atoms with Gasteiger partial charge in [-0.25, -0.2) is 15.0 Å². The topological polar surface area (TPSA) is 80.8 Å². The molecule has 0 aliphatic heterocycles. The summed E-state index contributed by atoms with van der Waals surface area (Å²) in [5, 5.41) is 3.99. The summed E-state index contributed by atoms with van der Waals surface area (Å²) in [6.45, 7) is 1.88. The molecule has 0 aliphatic rings. The fraction of sp³-hybridized carbons (Fsp3) is 0.150.